The molecule has 1 unspecified atom stereocenters. The van der Waals surface area contributed by atoms with Crippen LogP contribution in [0.25, 0.3) is 0 Å². The average Bonchev–Trinajstić information content (AvgIpc) is 2.36. The van der Waals surface area contributed by atoms with E-state index in [2.05, 4.69) is 63.9 Å². The number of aryl methyl sites for hydroxylation is 2. The SMILES string of the molecule is Cc1ccc(CC(Br)c2cc(F)ccc2Br)cc1C. The molecule has 2 aromatic carbocycles. The van der Waals surface area contributed by atoms with Gasteiger partial charge in [-0.25, -0.2) is 4.39 Å². The van der Waals surface area contributed by atoms with E-state index in [0.29, 0.717) is 0 Å². The molecule has 2 rings (SSSR count). The average molecular weight is 386 g/mol. The van der Waals surface area contributed by atoms with Crippen LogP contribution in [-0.2, 0) is 6.42 Å². The molecule has 0 fully saturated rings. The van der Waals surface area contributed by atoms with Crippen LogP contribution in [0.5, 0.6) is 0 Å². The van der Waals surface area contributed by atoms with E-state index in [4.69, 9.17) is 0 Å². The second-order valence-electron chi connectivity index (χ2n) is 4.76. The predicted molar refractivity (Wildman–Crippen MR) is 85.4 cm³/mol. The fourth-order valence-corrected chi connectivity index (χ4v) is 3.58. The van der Waals surface area contributed by atoms with Gasteiger partial charge in [-0.2, -0.15) is 0 Å². The van der Waals surface area contributed by atoms with Crippen LogP contribution in [-0.4, -0.2) is 0 Å². The molecule has 19 heavy (non-hydrogen) atoms. The molecular weight excluding hydrogens is 371 g/mol. The summed E-state index contributed by atoms with van der Waals surface area (Å²) in [4.78, 5) is 0.0969. The van der Waals surface area contributed by atoms with Gasteiger partial charge in [0.15, 0.2) is 0 Å². The van der Waals surface area contributed by atoms with Crippen molar-refractivity contribution in [1.82, 2.24) is 0 Å². The lowest BCUT2D eigenvalue weighted by Crippen LogP contribution is -1.98. The van der Waals surface area contributed by atoms with E-state index in [-0.39, 0.29) is 10.6 Å². The van der Waals surface area contributed by atoms with Crippen molar-refractivity contribution in [2.75, 3.05) is 0 Å². The third kappa shape index (κ3) is 3.67. The molecule has 1 atom stereocenters. The van der Waals surface area contributed by atoms with Crippen molar-refractivity contribution in [2.45, 2.75) is 25.1 Å². The van der Waals surface area contributed by atoms with Crippen LogP contribution in [0, 0.1) is 19.7 Å². The molecule has 0 spiro atoms. The van der Waals surface area contributed by atoms with E-state index in [1.54, 1.807) is 12.1 Å². The lowest BCUT2D eigenvalue weighted by molar-refractivity contribution is 0.624. The fourth-order valence-electron chi connectivity index (χ4n) is 2.00. The second-order valence-corrected chi connectivity index (χ2v) is 6.72. The van der Waals surface area contributed by atoms with Gasteiger partial charge < -0.3 is 0 Å². The Kier molecular flexibility index (Phi) is 4.80. The van der Waals surface area contributed by atoms with E-state index >= 15 is 0 Å². The Hall–Kier alpha value is -0.670. The molecule has 0 bridgehead atoms. The maximum Gasteiger partial charge on any atom is 0.123 e. The zero-order chi connectivity index (χ0) is 14.0. The fraction of sp³-hybridized carbons (Fsp3) is 0.250. The Morgan fingerprint density at radius 1 is 1.05 bits per heavy atom. The van der Waals surface area contributed by atoms with Crippen LogP contribution in [0.2, 0.25) is 0 Å². The lowest BCUT2D eigenvalue weighted by atomic mass is 10.0. The summed E-state index contributed by atoms with van der Waals surface area (Å²) in [7, 11) is 0. The van der Waals surface area contributed by atoms with Crippen molar-refractivity contribution in [2.24, 2.45) is 0 Å². The van der Waals surface area contributed by atoms with Crippen molar-refractivity contribution in [3.8, 4) is 0 Å². The summed E-state index contributed by atoms with van der Waals surface area (Å²) in [6.45, 7) is 4.22. The molecule has 0 aliphatic carbocycles. The van der Waals surface area contributed by atoms with Gasteiger partial charge in [0, 0.05) is 9.30 Å². The number of hydrogen-bond donors (Lipinski definition) is 0. The van der Waals surface area contributed by atoms with Gasteiger partial charge in [-0.05, 0) is 60.7 Å². The Labute approximate surface area is 130 Å². The number of hydrogen-bond acceptors (Lipinski definition) is 0. The Morgan fingerprint density at radius 3 is 2.47 bits per heavy atom. The summed E-state index contributed by atoms with van der Waals surface area (Å²) in [6, 6.07) is 11.2. The van der Waals surface area contributed by atoms with E-state index in [0.717, 1.165) is 16.5 Å². The summed E-state index contributed by atoms with van der Waals surface area (Å²) in [5, 5.41) is 0. The maximum atomic E-state index is 13.3. The van der Waals surface area contributed by atoms with Crippen molar-refractivity contribution < 1.29 is 4.39 Å². The third-order valence-corrected chi connectivity index (χ3v) is 4.82. The largest absolute Gasteiger partial charge is 0.207 e. The van der Waals surface area contributed by atoms with Gasteiger partial charge in [-0.15, -0.1) is 0 Å². The molecule has 0 amide bonds. The first-order chi connectivity index (χ1) is 8.97. The first-order valence-corrected chi connectivity index (χ1v) is 7.83. The van der Waals surface area contributed by atoms with Crippen LogP contribution >= 0.6 is 31.9 Å². The molecule has 0 aromatic heterocycles. The number of halogens is 3. The minimum absolute atomic E-state index is 0.0969. The molecule has 0 aliphatic heterocycles. The van der Waals surface area contributed by atoms with Crippen LogP contribution in [0.4, 0.5) is 4.39 Å². The Balaban J connectivity index is 2.22. The van der Waals surface area contributed by atoms with Crippen LogP contribution in [0.3, 0.4) is 0 Å². The zero-order valence-electron chi connectivity index (χ0n) is 10.9. The van der Waals surface area contributed by atoms with Gasteiger partial charge in [0.2, 0.25) is 0 Å². The lowest BCUT2D eigenvalue weighted by Gasteiger charge is -2.13. The number of benzene rings is 2. The molecule has 0 saturated carbocycles. The van der Waals surface area contributed by atoms with Gasteiger partial charge in [0.25, 0.3) is 0 Å². The molecule has 0 nitrogen and oxygen atoms in total. The van der Waals surface area contributed by atoms with Gasteiger partial charge >= 0.3 is 0 Å². The van der Waals surface area contributed by atoms with Gasteiger partial charge in [0.05, 0.1) is 0 Å². The van der Waals surface area contributed by atoms with Gasteiger partial charge in [-0.1, -0.05) is 50.1 Å². The third-order valence-electron chi connectivity index (χ3n) is 3.28. The minimum atomic E-state index is -0.206. The van der Waals surface area contributed by atoms with Crippen molar-refractivity contribution >= 4 is 31.9 Å². The molecule has 0 radical (unpaired) electrons. The normalized spacial score (nSPS) is 12.5. The van der Waals surface area contributed by atoms with E-state index in [1.165, 1.54) is 22.8 Å². The smallest absolute Gasteiger partial charge is 0.123 e. The zero-order valence-corrected chi connectivity index (χ0v) is 14.1. The summed E-state index contributed by atoms with van der Waals surface area (Å²) in [5.41, 5.74) is 4.77. The first-order valence-electron chi connectivity index (χ1n) is 6.12. The standard InChI is InChI=1S/C16H15Br2F/c1-10-3-4-12(7-11(10)2)8-16(18)14-9-13(19)5-6-15(14)17/h3-7,9,16H,8H2,1-2H3. The summed E-state index contributed by atoms with van der Waals surface area (Å²) >= 11 is 7.13. The summed E-state index contributed by atoms with van der Waals surface area (Å²) < 4.78 is 14.3. The number of rotatable bonds is 3. The molecule has 0 heterocycles. The van der Waals surface area contributed by atoms with Crippen molar-refractivity contribution in [3.63, 3.8) is 0 Å². The molecule has 0 saturated heterocycles. The molecule has 0 N–H and O–H groups in total. The topological polar surface area (TPSA) is 0 Å². The van der Waals surface area contributed by atoms with Gasteiger partial charge in [0.1, 0.15) is 5.82 Å². The predicted octanol–water partition coefficient (Wildman–Crippen LogP) is 5.88. The molecule has 3 heteroatoms. The van der Waals surface area contributed by atoms with E-state index in [9.17, 15) is 4.39 Å². The maximum absolute atomic E-state index is 13.3. The second kappa shape index (κ2) is 6.19. The molecule has 2 aromatic rings. The molecular formula is C16H15Br2F. The van der Waals surface area contributed by atoms with Crippen molar-refractivity contribution in [1.29, 1.82) is 0 Å². The quantitative estimate of drug-likeness (QED) is 0.578. The molecule has 0 aliphatic rings. The first kappa shape index (κ1) is 14.7. The Bertz CT molecular complexity index is 593. The van der Waals surface area contributed by atoms with Crippen molar-refractivity contribution in [3.05, 3.63) is 68.9 Å². The molecule has 100 valence electrons. The van der Waals surface area contributed by atoms with Crippen LogP contribution < -0.4 is 0 Å². The van der Waals surface area contributed by atoms with Gasteiger partial charge in [-0.3, -0.25) is 0 Å². The summed E-state index contributed by atoms with van der Waals surface area (Å²) in [5.74, 6) is -0.206. The minimum Gasteiger partial charge on any atom is -0.207 e. The highest BCUT2D eigenvalue weighted by Crippen LogP contribution is 2.33. The number of alkyl halides is 1. The van der Waals surface area contributed by atoms with E-state index in [1.807, 2.05) is 0 Å². The van der Waals surface area contributed by atoms with E-state index < -0.39 is 0 Å². The highest BCUT2D eigenvalue weighted by molar-refractivity contribution is 9.11. The monoisotopic (exact) mass is 384 g/mol. The Morgan fingerprint density at radius 2 is 1.79 bits per heavy atom. The highest BCUT2D eigenvalue weighted by Gasteiger charge is 2.13. The van der Waals surface area contributed by atoms with Crippen LogP contribution in [0.1, 0.15) is 27.1 Å². The van der Waals surface area contributed by atoms with Crippen LogP contribution in [0.15, 0.2) is 40.9 Å². The highest BCUT2D eigenvalue weighted by atomic mass is 79.9. The summed E-state index contributed by atoms with van der Waals surface area (Å²) in [6.07, 6.45) is 0.836.